The number of hydrogen-bond acceptors (Lipinski definition) is 7. The number of Topliss-reactive ketones (excluding diaryl/α,β-unsaturated/α-hetero) is 1. The zero-order valence-electron chi connectivity index (χ0n) is 24.4. The summed E-state index contributed by atoms with van der Waals surface area (Å²) in [4.78, 5) is 48.2. The lowest BCUT2D eigenvalue weighted by molar-refractivity contribution is -0.117. The monoisotopic (exact) mass is 615 g/mol. The third-order valence-electron chi connectivity index (χ3n) is 5.79. The second kappa shape index (κ2) is 18.9. The van der Waals surface area contributed by atoms with Gasteiger partial charge in [0.25, 0.3) is 0 Å². The number of nitrogens with two attached hydrogens (primary N) is 1. The molecular weight excluding hydrogens is 569 g/mol. The summed E-state index contributed by atoms with van der Waals surface area (Å²) in [6.45, 7) is 13.2. The lowest BCUT2D eigenvalue weighted by Gasteiger charge is -2.36. The van der Waals surface area contributed by atoms with Gasteiger partial charge in [0.2, 0.25) is 5.24 Å². The minimum Gasteiger partial charge on any atom is -0.444 e. The number of piperidine rings is 2. The Morgan fingerprint density at radius 1 is 0.769 bits per heavy atom. The minimum absolute atomic E-state index is 0.0383. The average molecular weight is 617 g/mol. The van der Waals surface area contributed by atoms with Crippen LogP contribution in [0.1, 0.15) is 92.9 Å². The van der Waals surface area contributed by atoms with Gasteiger partial charge in [-0.1, -0.05) is 0 Å². The highest BCUT2D eigenvalue weighted by Gasteiger charge is 2.31. The number of nitrogens with zero attached hydrogens (tertiary/aromatic N) is 2. The Bertz CT molecular complexity index is 771. The number of alkyl halides is 2. The predicted molar refractivity (Wildman–Crippen MR) is 157 cm³/mol. The van der Waals surface area contributed by atoms with Gasteiger partial charge in [0, 0.05) is 38.1 Å². The van der Waals surface area contributed by atoms with Crippen LogP contribution in [0.3, 0.4) is 0 Å². The van der Waals surface area contributed by atoms with Crippen LogP contribution in [0.2, 0.25) is 0 Å². The first-order valence-corrected chi connectivity index (χ1v) is 15.0. The van der Waals surface area contributed by atoms with E-state index in [1.807, 2.05) is 41.5 Å². The van der Waals surface area contributed by atoms with Gasteiger partial charge in [-0.15, -0.1) is 23.2 Å². The molecule has 228 valence electrons. The van der Waals surface area contributed by atoms with E-state index in [0.717, 1.165) is 45.1 Å². The molecule has 9 nitrogen and oxygen atoms in total. The van der Waals surface area contributed by atoms with Crippen LogP contribution < -0.4 is 5.73 Å². The molecule has 2 aliphatic rings. The Labute approximate surface area is 249 Å². The molecule has 2 amide bonds. The lowest BCUT2D eigenvalue weighted by Crippen LogP contribution is -2.49. The molecule has 2 rings (SSSR count). The molecule has 2 aliphatic heterocycles. The van der Waals surface area contributed by atoms with Crippen molar-refractivity contribution in [3.63, 3.8) is 0 Å². The maximum atomic E-state index is 12.1. The summed E-state index contributed by atoms with van der Waals surface area (Å²) in [5.41, 5.74) is 4.74. The fourth-order valence-corrected chi connectivity index (χ4v) is 4.20. The van der Waals surface area contributed by atoms with Gasteiger partial charge in [-0.3, -0.25) is 9.59 Å². The first-order valence-electron chi connectivity index (χ1n) is 13.6. The number of hydrogen-bond donors (Lipinski definition) is 1. The maximum absolute atomic E-state index is 12.1. The van der Waals surface area contributed by atoms with E-state index in [2.05, 4.69) is 0 Å². The summed E-state index contributed by atoms with van der Waals surface area (Å²) in [5.74, 6) is -0.00265. The largest absolute Gasteiger partial charge is 0.444 e. The van der Waals surface area contributed by atoms with Crippen molar-refractivity contribution >= 4 is 58.0 Å². The quantitative estimate of drug-likeness (QED) is 0.283. The molecule has 2 atom stereocenters. The topological polar surface area (TPSA) is 119 Å². The van der Waals surface area contributed by atoms with Crippen molar-refractivity contribution in [2.45, 2.75) is 116 Å². The van der Waals surface area contributed by atoms with Crippen LogP contribution in [0.25, 0.3) is 0 Å². The lowest BCUT2D eigenvalue weighted by atomic mass is 9.97. The van der Waals surface area contributed by atoms with Crippen molar-refractivity contribution in [2.75, 3.05) is 31.4 Å². The summed E-state index contributed by atoms with van der Waals surface area (Å²) < 4.78 is 10.8. The smallest absolute Gasteiger partial charge is 0.410 e. The van der Waals surface area contributed by atoms with Gasteiger partial charge in [-0.25, -0.2) is 9.59 Å². The number of likely N-dealkylation sites (tertiary alicyclic amines) is 2. The highest BCUT2D eigenvalue weighted by atomic mass is 35.5. The molecule has 2 N–H and O–H groups in total. The van der Waals surface area contributed by atoms with Crippen LogP contribution in [0, 0.1) is 0 Å². The van der Waals surface area contributed by atoms with Gasteiger partial charge in [0.15, 0.2) is 0 Å². The summed E-state index contributed by atoms with van der Waals surface area (Å²) >= 11 is 15.0. The second-order valence-electron chi connectivity index (χ2n) is 11.6. The van der Waals surface area contributed by atoms with E-state index in [1.54, 1.807) is 9.80 Å². The Hall–Kier alpha value is -1.29. The number of carbonyl (C=O) groups is 4. The predicted octanol–water partition coefficient (Wildman–Crippen LogP) is 6.09. The zero-order chi connectivity index (χ0) is 30.2. The van der Waals surface area contributed by atoms with Crippen LogP contribution in [0.5, 0.6) is 0 Å². The van der Waals surface area contributed by atoms with Crippen LogP contribution >= 0.6 is 34.8 Å². The van der Waals surface area contributed by atoms with Gasteiger partial charge in [0.1, 0.15) is 17.0 Å². The van der Waals surface area contributed by atoms with Crippen molar-refractivity contribution in [1.82, 2.24) is 9.80 Å². The SMILES string of the molecule is CC(C)(C)OC(=O)N1CCCCC1CCC(=O)CCl.CC(C)(C)OC(=O)N1CCCCC1CN.O=C(Cl)CCl. The molecule has 0 radical (unpaired) electrons. The first-order chi connectivity index (χ1) is 18.0. The molecule has 0 aromatic rings. The minimum atomic E-state index is -0.508. The fourth-order valence-electron chi connectivity index (χ4n) is 4.06. The molecule has 2 heterocycles. The third kappa shape index (κ3) is 17.9. The van der Waals surface area contributed by atoms with Crippen LogP contribution in [0.15, 0.2) is 0 Å². The van der Waals surface area contributed by atoms with E-state index >= 15 is 0 Å². The highest BCUT2D eigenvalue weighted by Crippen LogP contribution is 2.24. The van der Waals surface area contributed by atoms with E-state index in [-0.39, 0.29) is 41.8 Å². The summed E-state index contributed by atoms with van der Waals surface area (Å²) in [6, 6.07) is 0.268. The van der Waals surface area contributed by atoms with Gasteiger partial charge >= 0.3 is 12.2 Å². The number of halogens is 3. The summed E-state index contributed by atoms with van der Waals surface area (Å²) in [5, 5.41) is -0.508. The van der Waals surface area contributed by atoms with Crippen molar-refractivity contribution in [2.24, 2.45) is 5.73 Å². The standard InChI is InChI=1S/C14H24ClNO3.C11H22N2O2.C2H2Cl2O/c1-14(2,3)19-13(18)16-9-5-4-6-11(16)7-8-12(17)10-15;1-11(2,3)15-10(14)13-7-5-4-6-9(13)8-12;3-1-2(4)5/h11H,4-10H2,1-3H3;9H,4-8,12H2,1-3H3;1H2. The van der Waals surface area contributed by atoms with E-state index in [1.165, 1.54) is 0 Å². The molecule has 0 aliphatic carbocycles. The Balaban J connectivity index is 0.000000643. The van der Waals surface area contributed by atoms with E-state index in [4.69, 9.17) is 50.0 Å². The molecule has 12 heteroatoms. The Morgan fingerprint density at radius 2 is 1.18 bits per heavy atom. The number of amides is 2. The third-order valence-corrected chi connectivity index (χ3v) is 6.60. The molecule has 0 aromatic heterocycles. The average Bonchev–Trinajstić information content (AvgIpc) is 2.86. The molecule has 39 heavy (non-hydrogen) atoms. The Kier molecular flexibility index (Phi) is 18.3. The Morgan fingerprint density at radius 3 is 1.54 bits per heavy atom. The molecule has 2 fully saturated rings. The van der Waals surface area contributed by atoms with E-state index < -0.39 is 16.4 Å². The molecule has 0 bridgehead atoms. The number of ketones is 1. The van der Waals surface area contributed by atoms with E-state index in [0.29, 0.717) is 25.9 Å². The molecule has 0 aromatic carbocycles. The first kappa shape index (κ1) is 37.7. The number of rotatable bonds is 6. The molecular formula is C27H48Cl3N3O6. The van der Waals surface area contributed by atoms with Gasteiger partial charge < -0.3 is 25.0 Å². The highest BCUT2D eigenvalue weighted by molar-refractivity contribution is 6.67. The van der Waals surface area contributed by atoms with Crippen molar-refractivity contribution in [3.05, 3.63) is 0 Å². The molecule has 0 spiro atoms. The van der Waals surface area contributed by atoms with Gasteiger partial charge in [-0.05, 0) is 98.1 Å². The number of ether oxygens (including phenoxy) is 2. The van der Waals surface area contributed by atoms with Crippen molar-refractivity contribution in [1.29, 1.82) is 0 Å². The molecule has 2 unspecified atom stereocenters. The van der Waals surface area contributed by atoms with Gasteiger partial charge in [0.05, 0.1) is 11.8 Å². The summed E-state index contributed by atoms with van der Waals surface area (Å²) in [7, 11) is 0. The molecule has 0 saturated carbocycles. The van der Waals surface area contributed by atoms with Crippen LogP contribution in [-0.4, -0.2) is 87.7 Å². The fraction of sp³-hybridized carbons (Fsp3) is 0.852. The molecule has 2 saturated heterocycles. The maximum Gasteiger partial charge on any atom is 0.410 e. The number of carbonyl (C=O) groups excluding carboxylic acids is 4. The van der Waals surface area contributed by atoms with Gasteiger partial charge in [-0.2, -0.15) is 0 Å². The van der Waals surface area contributed by atoms with Crippen molar-refractivity contribution < 1.29 is 28.7 Å². The normalized spacial score (nSPS) is 19.5. The van der Waals surface area contributed by atoms with Crippen LogP contribution in [0.4, 0.5) is 9.59 Å². The van der Waals surface area contributed by atoms with Crippen LogP contribution in [-0.2, 0) is 19.1 Å². The summed E-state index contributed by atoms with van der Waals surface area (Å²) in [6.07, 6.45) is 6.87. The second-order valence-corrected chi connectivity index (χ2v) is 12.5. The van der Waals surface area contributed by atoms with Crippen molar-refractivity contribution in [3.8, 4) is 0 Å². The zero-order valence-corrected chi connectivity index (χ0v) is 26.7. The van der Waals surface area contributed by atoms with E-state index in [9.17, 15) is 19.2 Å².